The van der Waals surface area contributed by atoms with Crippen LogP contribution in [0.1, 0.15) is 36.1 Å². The molecule has 0 aliphatic rings. The van der Waals surface area contributed by atoms with Crippen LogP contribution >= 0.6 is 0 Å². The summed E-state index contributed by atoms with van der Waals surface area (Å²) in [7, 11) is 2.16. The van der Waals surface area contributed by atoms with Gasteiger partial charge in [0.1, 0.15) is 7.05 Å². The standard InChI is InChI=1S/C30H28N3/c1-17-8-9-24-22(12-17)23-13-18(2)19(3)26-28(23)33(24)25-15-20(16-30(4,5)31-6)14-21-10-11-32(7)29(26)27(21)25/h8-15H,16H2,1-5,7H3/q+1. The van der Waals surface area contributed by atoms with E-state index in [1.807, 2.05) is 13.8 Å². The van der Waals surface area contributed by atoms with Gasteiger partial charge in [-0.15, -0.1) is 0 Å². The SMILES string of the molecule is [C-]#[N+]C(C)(C)Cc1cc2cc[n+](C)c3c4c(C)c(C)cc5c6cc(C)ccc6n(c(c1)c23)c54. The molecule has 0 radical (unpaired) electrons. The lowest BCUT2D eigenvalue weighted by atomic mass is 9.92. The molecular formula is C30H28N3+. The number of hydrogen-bond acceptors (Lipinski definition) is 0. The van der Waals surface area contributed by atoms with Gasteiger partial charge in [0.25, 0.3) is 0 Å². The van der Waals surface area contributed by atoms with E-state index in [1.54, 1.807) is 0 Å². The Bertz CT molecular complexity index is 1810. The number of aromatic nitrogens is 2. The lowest BCUT2D eigenvalue weighted by Crippen LogP contribution is -2.29. The summed E-state index contributed by atoms with van der Waals surface area (Å²) < 4.78 is 4.76. The summed E-state index contributed by atoms with van der Waals surface area (Å²) in [6.45, 7) is 18.4. The molecule has 0 fully saturated rings. The van der Waals surface area contributed by atoms with Crippen molar-refractivity contribution in [2.75, 3.05) is 0 Å². The molecule has 6 rings (SSSR count). The molecule has 3 aromatic carbocycles. The summed E-state index contributed by atoms with van der Waals surface area (Å²) in [6.07, 6.45) is 2.92. The molecule has 0 aliphatic carbocycles. The molecular weight excluding hydrogens is 402 g/mol. The maximum absolute atomic E-state index is 7.64. The Morgan fingerprint density at radius 3 is 2.48 bits per heavy atom. The molecule has 33 heavy (non-hydrogen) atoms. The quantitative estimate of drug-likeness (QED) is 0.122. The molecule has 0 saturated heterocycles. The molecule has 0 bridgehead atoms. The van der Waals surface area contributed by atoms with Gasteiger partial charge in [-0.2, -0.15) is 0 Å². The van der Waals surface area contributed by atoms with E-state index in [0.717, 1.165) is 6.42 Å². The Hall–Kier alpha value is -3.64. The first-order valence-corrected chi connectivity index (χ1v) is 11.6. The Balaban J connectivity index is 1.96. The van der Waals surface area contributed by atoms with Crippen LogP contribution in [0.25, 0.3) is 53.8 Å². The van der Waals surface area contributed by atoms with Crippen molar-refractivity contribution in [1.82, 2.24) is 4.40 Å². The summed E-state index contributed by atoms with van der Waals surface area (Å²) in [5.74, 6) is 0. The highest BCUT2D eigenvalue weighted by atomic mass is 15.0. The minimum Gasteiger partial charge on any atom is -0.311 e. The van der Waals surface area contributed by atoms with Gasteiger partial charge in [-0.25, -0.2) is 11.1 Å². The highest BCUT2D eigenvalue weighted by molar-refractivity contribution is 6.26. The summed E-state index contributed by atoms with van der Waals surface area (Å²) in [5, 5.41) is 6.51. The molecule has 162 valence electrons. The van der Waals surface area contributed by atoms with E-state index in [9.17, 15) is 0 Å². The van der Waals surface area contributed by atoms with Gasteiger partial charge < -0.3 is 9.25 Å². The number of pyridine rings is 2. The van der Waals surface area contributed by atoms with Crippen LogP contribution in [-0.4, -0.2) is 9.94 Å². The topological polar surface area (TPSA) is 12.7 Å². The largest absolute Gasteiger partial charge is 0.311 e. The van der Waals surface area contributed by atoms with Crippen LogP contribution in [0.3, 0.4) is 0 Å². The Morgan fingerprint density at radius 1 is 0.939 bits per heavy atom. The molecule has 0 N–H and O–H groups in total. The summed E-state index contributed by atoms with van der Waals surface area (Å²) >= 11 is 0. The molecule has 0 spiro atoms. The second-order valence-corrected chi connectivity index (χ2v) is 10.4. The van der Waals surface area contributed by atoms with Crippen LogP contribution in [0.5, 0.6) is 0 Å². The maximum Gasteiger partial charge on any atom is 0.231 e. The van der Waals surface area contributed by atoms with Crippen molar-refractivity contribution < 1.29 is 4.57 Å². The number of aryl methyl sites for hydroxylation is 4. The average Bonchev–Trinajstić information content (AvgIpc) is 3.08. The van der Waals surface area contributed by atoms with E-state index in [2.05, 4.69) is 90.3 Å². The van der Waals surface area contributed by atoms with E-state index in [4.69, 9.17) is 6.57 Å². The number of rotatable bonds is 2. The number of benzene rings is 3. The highest BCUT2D eigenvalue weighted by Gasteiger charge is 2.27. The van der Waals surface area contributed by atoms with Crippen molar-refractivity contribution >= 4 is 49.0 Å². The predicted octanol–water partition coefficient (Wildman–Crippen LogP) is 6.98. The van der Waals surface area contributed by atoms with Gasteiger partial charge in [0, 0.05) is 30.7 Å². The lowest BCUT2D eigenvalue weighted by molar-refractivity contribution is -0.643. The van der Waals surface area contributed by atoms with Crippen LogP contribution in [-0.2, 0) is 13.5 Å². The first-order chi connectivity index (χ1) is 15.7. The Kier molecular flexibility index (Phi) is 3.91. The van der Waals surface area contributed by atoms with E-state index in [1.165, 1.54) is 71.3 Å². The molecule has 0 saturated carbocycles. The second kappa shape index (κ2) is 6.45. The molecule has 0 unspecified atom stereocenters. The third-order valence-corrected chi connectivity index (χ3v) is 7.42. The molecule has 3 heteroatoms. The van der Waals surface area contributed by atoms with Gasteiger partial charge in [-0.3, -0.25) is 0 Å². The van der Waals surface area contributed by atoms with E-state index >= 15 is 0 Å². The fourth-order valence-electron chi connectivity index (χ4n) is 5.72. The molecule has 0 aliphatic heterocycles. The van der Waals surface area contributed by atoms with Crippen molar-refractivity contribution in [3.05, 3.63) is 82.3 Å². The molecule has 0 amide bonds. The summed E-state index contributed by atoms with van der Waals surface area (Å²) in [4.78, 5) is 3.88. The number of nitrogens with zero attached hydrogens (tertiary/aromatic N) is 3. The lowest BCUT2D eigenvalue weighted by Gasteiger charge is -2.16. The van der Waals surface area contributed by atoms with Gasteiger partial charge in [0.05, 0.1) is 33.7 Å². The average molecular weight is 431 g/mol. The normalized spacial score (nSPS) is 12.6. The van der Waals surface area contributed by atoms with Gasteiger partial charge >= 0.3 is 0 Å². The van der Waals surface area contributed by atoms with Crippen LogP contribution in [0.2, 0.25) is 0 Å². The van der Waals surface area contributed by atoms with Crippen LogP contribution in [0, 0.1) is 27.3 Å². The zero-order chi connectivity index (χ0) is 23.2. The number of hydrogen-bond donors (Lipinski definition) is 0. The number of fused-ring (bicyclic) bond motifs is 5. The summed E-state index contributed by atoms with van der Waals surface area (Å²) in [6, 6.07) is 16.0. The smallest absolute Gasteiger partial charge is 0.231 e. The highest BCUT2D eigenvalue weighted by Crippen LogP contribution is 2.42. The van der Waals surface area contributed by atoms with E-state index < -0.39 is 5.54 Å². The zero-order valence-corrected chi connectivity index (χ0v) is 20.2. The third-order valence-electron chi connectivity index (χ3n) is 7.42. The fraction of sp³-hybridized carbons (Fsp3) is 0.267. The van der Waals surface area contributed by atoms with Crippen LogP contribution < -0.4 is 4.57 Å². The minimum atomic E-state index is -0.422. The minimum absolute atomic E-state index is 0.422. The first kappa shape index (κ1) is 20.0. The Labute approximate surface area is 194 Å². The van der Waals surface area contributed by atoms with Crippen LogP contribution in [0.15, 0.2) is 48.7 Å². The monoisotopic (exact) mass is 430 g/mol. The van der Waals surface area contributed by atoms with E-state index in [-0.39, 0.29) is 0 Å². The predicted molar refractivity (Wildman–Crippen MR) is 138 cm³/mol. The summed E-state index contributed by atoms with van der Waals surface area (Å²) in [5.41, 5.74) is 9.82. The maximum atomic E-state index is 7.64. The fourth-order valence-corrected chi connectivity index (χ4v) is 5.72. The van der Waals surface area contributed by atoms with Crippen molar-refractivity contribution in [3.8, 4) is 0 Å². The van der Waals surface area contributed by atoms with E-state index in [0.29, 0.717) is 0 Å². The molecule has 3 nitrogen and oxygen atoms in total. The van der Waals surface area contributed by atoms with Crippen molar-refractivity contribution in [1.29, 1.82) is 0 Å². The first-order valence-electron chi connectivity index (χ1n) is 11.6. The molecule has 0 atom stereocenters. The molecule has 6 aromatic rings. The third kappa shape index (κ3) is 2.64. The van der Waals surface area contributed by atoms with Crippen molar-refractivity contribution in [3.63, 3.8) is 0 Å². The molecule has 3 heterocycles. The van der Waals surface area contributed by atoms with Gasteiger partial charge in [-0.1, -0.05) is 17.7 Å². The van der Waals surface area contributed by atoms with Gasteiger partial charge in [0.2, 0.25) is 11.1 Å². The Morgan fingerprint density at radius 2 is 1.73 bits per heavy atom. The zero-order valence-electron chi connectivity index (χ0n) is 20.2. The van der Waals surface area contributed by atoms with Gasteiger partial charge in [0.15, 0.2) is 6.20 Å². The van der Waals surface area contributed by atoms with Crippen molar-refractivity contribution in [2.24, 2.45) is 7.05 Å². The van der Waals surface area contributed by atoms with Crippen molar-refractivity contribution in [2.45, 2.75) is 46.6 Å². The second-order valence-electron chi connectivity index (χ2n) is 10.4. The van der Waals surface area contributed by atoms with Crippen LogP contribution in [0.4, 0.5) is 0 Å². The molecule has 3 aromatic heterocycles. The van der Waals surface area contributed by atoms with Gasteiger partial charge in [-0.05, 0) is 67.1 Å².